The minimum Gasteiger partial charge on any atom is -0.308 e. The van der Waals surface area contributed by atoms with Gasteiger partial charge in [-0.05, 0) is 37.6 Å². The molecule has 0 aromatic heterocycles. The summed E-state index contributed by atoms with van der Waals surface area (Å²) in [7, 11) is 0. The maximum atomic E-state index is 3.70. The first-order valence-corrected chi connectivity index (χ1v) is 7.59. The SMILES string of the molecule is c1ccc2c(c1)SCC2NCCN1CCCC1. The molecule has 17 heavy (non-hydrogen) atoms. The summed E-state index contributed by atoms with van der Waals surface area (Å²) in [4.78, 5) is 4.03. The monoisotopic (exact) mass is 248 g/mol. The van der Waals surface area contributed by atoms with Crippen molar-refractivity contribution >= 4 is 11.8 Å². The number of benzene rings is 1. The largest absolute Gasteiger partial charge is 0.308 e. The number of nitrogens with one attached hydrogen (secondary N) is 1. The van der Waals surface area contributed by atoms with E-state index in [0.717, 1.165) is 6.54 Å². The zero-order valence-corrected chi connectivity index (χ0v) is 11.0. The molecular formula is C14H20N2S. The minimum atomic E-state index is 0.568. The van der Waals surface area contributed by atoms with Crippen LogP contribution in [0.15, 0.2) is 29.2 Å². The van der Waals surface area contributed by atoms with Crippen LogP contribution in [0.2, 0.25) is 0 Å². The van der Waals surface area contributed by atoms with E-state index in [2.05, 4.69) is 34.5 Å². The highest BCUT2D eigenvalue weighted by molar-refractivity contribution is 7.99. The molecule has 2 nitrogen and oxygen atoms in total. The van der Waals surface area contributed by atoms with Crippen LogP contribution in [-0.2, 0) is 0 Å². The first-order chi connectivity index (χ1) is 8.43. The molecule has 2 heterocycles. The molecule has 1 aromatic carbocycles. The van der Waals surface area contributed by atoms with Crippen molar-refractivity contribution in [2.45, 2.75) is 23.8 Å². The molecule has 2 aliphatic rings. The maximum Gasteiger partial charge on any atom is 0.0426 e. The van der Waals surface area contributed by atoms with Crippen molar-refractivity contribution in [2.24, 2.45) is 0 Å². The quantitative estimate of drug-likeness (QED) is 0.881. The molecule has 0 aliphatic carbocycles. The molecule has 3 heteroatoms. The summed E-state index contributed by atoms with van der Waals surface area (Å²) in [6.45, 7) is 4.94. The molecule has 92 valence electrons. The lowest BCUT2D eigenvalue weighted by Crippen LogP contribution is -2.32. The van der Waals surface area contributed by atoms with E-state index in [4.69, 9.17) is 0 Å². The van der Waals surface area contributed by atoms with Crippen LogP contribution in [0.1, 0.15) is 24.4 Å². The zero-order chi connectivity index (χ0) is 11.5. The van der Waals surface area contributed by atoms with Crippen LogP contribution in [0.4, 0.5) is 0 Å². The lowest BCUT2D eigenvalue weighted by atomic mass is 10.1. The van der Waals surface area contributed by atoms with Crippen LogP contribution in [0.5, 0.6) is 0 Å². The van der Waals surface area contributed by atoms with E-state index in [0.29, 0.717) is 6.04 Å². The Balaban J connectivity index is 1.50. The van der Waals surface area contributed by atoms with Crippen LogP contribution in [0.3, 0.4) is 0 Å². The number of thioether (sulfide) groups is 1. The summed E-state index contributed by atoms with van der Waals surface area (Å²) in [5.41, 5.74) is 1.50. The number of hydrogen-bond acceptors (Lipinski definition) is 3. The molecule has 1 saturated heterocycles. The van der Waals surface area contributed by atoms with Crippen LogP contribution < -0.4 is 5.32 Å². The van der Waals surface area contributed by atoms with Gasteiger partial charge < -0.3 is 10.2 Å². The number of nitrogens with zero attached hydrogens (tertiary/aromatic N) is 1. The molecule has 0 saturated carbocycles. The Bertz CT molecular complexity index is 374. The molecular weight excluding hydrogens is 228 g/mol. The first-order valence-electron chi connectivity index (χ1n) is 6.61. The van der Waals surface area contributed by atoms with Gasteiger partial charge in [0.15, 0.2) is 0 Å². The first kappa shape index (κ1) is 11.6. The van der Waals surface area contributed by atoms with Crippen LogP contribution >= 0.6 is 11.8 Å². The second-order valence-corrected chi connectivity index (χ2v) is 5.97. The molecule has 1 N–H and O–H groups in total. The molecule has 0 radical (unpaired) electrons. The predicted molar refractivity (Wildman–Crippen MR) is 73.6 cm³/mol. The average molecular weight is 248 g/mol. The summed E-state index contributed by atoms with van der Waals surface area (Å²) >= 11 is 1.98. The van der Waals surface area contributed by atoms with Crippen LogP contribution in [0.25, 0.3) is 0 Å². The highest BCUT2D eigenvalue weighted by Crippen LogP contribution is 2.37. The molecule has 0 amide bonds. The molecule has 3 rings (SSSR count). The Hall–Kier alpha value is -0.510. The van der Waals surface area contributed by atoms with Gasteiger partial charge in [-0.1, -0.05) is 18.2 Å². The fraction of sp³-hybridized carbons (Fsp3) is 0.571. The summed E-state index contributed by atoms with van der Waals surface area (Å²) < 4.78 is 0. The molecule has 1 aromatic rings. The van der Waals surface area contributed by atoms with Crippen molar-refractivity contribution in [3.8, 4) is 0 Å². The number of fused-ring (bicyclic) bond motifs is 1. The van der Waals surface area contributed by atoms with E-state index in [-0.39, 0.29) is 0 Å². The molecule has 1 fully saturated rings. The second kappa shape index (κ2) is 5.42. The van der Waals surface area contributed by atoms with E-state index in [1.807, 2.05) is 11.8 Å². The molecule has 1 atom stereocenters. The van der Waals surface area contributed by atoms with E-state index in [1.165, 1.54) is 48.7 Å². The summed E-state index contributed by atoms with van der Waals surface area (Å²) in [6, 6.07) is 9.36. The lowest BCUT2D eigenvalue weighted by Gasteiger charge is -2.18. The van der Waals surface area contributed by atoms with E-state index >= 15 is 0 Å². The van der Waals surface area contributed by atoms with Crippen molar-refractivity contribution in [3.63, 3.8) is 0 Å². The third-order valence-electron chi connectivity index (χ3n) is 3.72. The molecule has 0 spiro atoms. The van der Waals surface area contributed by atoms with Crippen LogP contribution in [-0.4, -0.2) is 36.8 Å². The smallest absolute Gasteiger partial charge is 0.0426 e. The van der Waals surface area contributed by atoms with Gasteiger partial charge in [0.05, 0.1) is 0 Å². The highest BCUT2D eigenvalue weighted by atomic mass is 32.2. The normalized spacial score (nSPS) is 24.1. The van der Waals surface area contributed by atoms with Crippen molar-refractivity contribution < 1.29 is 0 Å². The van der Waals surface area contributed by atoms with Crippen molar-refractivity contribution in [2.75, 3.05) is 31.9 Å². The third-order valence-corrected chi connectivity index (χ3v) is 4.90. The van der Waals surface area contributed by atoms with E-state index in [1.54, 1.807) is 0 Å². The standard InChI is InChI=1S/C14H20N2S/c1-2-6-14-12(5-1)13(11-17-14)15-7-10-16-8-3-4-9-16/h1-2,5-6,13,15H,3-4,7-11H2. The Kier molecular flexibility index (Phi) is 3.69. The number of hydrogen-bond donors (Lipinski definition) is 1. The van der Waals surface area contributed by atoms with Crippen LogP contribution in [0, 0.1) is 0 Å². The third kappa shape index (κ3) is 2.67. The van der Waals surface area contributed by atoms with Crippen molar-refractivity contribution in [1.29, 1.82) is 0 Å². The lowest BCUT2D eigenvalue weighted by molar-refractivity contribution is 0.330. The summed E-state index contributed by atoms with van der Waals surface area (Å²) in [5.74, 6) is 1.19. The zero-order valence-electron chi connectivity index (χ0n) is 10.2. The Labute approximate surface area is 108 Å². The Morgan fingerprint density at radius 1 is 1.24 bits per heavy atom. The highest BCUT2D eigenvalue weighted by Gasteiger charge is 2.22. The van der Waals surface area contributed by atoms with E-state index in [9.17, 15) is 0 Å². The van der Waals surface area contributed by atoms with Gasteiger partial charge in [0, 0.05) is 29.8 Å². The predicted octanol–water partition coefficient (Wildman–Crippen LogP) is 2.52. The Morgan fingerprint density at radius 2 is 2.06 bits per heavy atom. The fourth-order valence-electron chi connectivity index (χ4n) is 2.73. The second-order valence-electron chi connectivity index (χ2n) is 4.90. The van der Waals surface area contributed by atoms with Gasteiger partial charge in [-0.25, -0.2) is 0 Å². The van der Waals surface area contributed by atoms with Crippen molar-refractivity contribution in [3.05, 3.63) is 29.8 Å². The minimum absolute atomic E-state index is 0.568. The van der Waals surface area contributed by atoms with Gasteiger partial charge in [0.25, 0.3) is 0 Å². The fourth-order valence-corrected chi connectivity index (χ4v) is 3.93. The number of rotatable bonds is 4. The number of likely N-dealkylation sites (tertiary alicyclic amines) is 1. The van der Waals surface area contributed by atoms with Gasteiger partial charge in [-0.15, -0.1) is 11.8 Å². The average Bonchev–Trinajstić information content (AvgIpc) is 2.99. The van der Waals surface area contributed by atoms with Crippen molar-refractivity contribution in [1.82, 2.24) is 10.2 Å². The Morgan fingerprint density at radius 3 is 2.94 bits per heavy atom. The molecule has 1 unspecified atom stereocenters. The van der Waals surface area contributed by atoms with Gasteiger partial charge in [-0.2, -0.15) is 0 Å². The topological polar surface area (TPSA) is 15.3 Å². The summed E-state index contributed by atoms with van der Waals surface area (Å²) in [5, 5.41) is 3.70. The molecule has 0 bridgehead atoms. The van der Waals surface area contributed by atoms with Gasteiger partial charge in [0.2, 0.25) is 0 Å². The maximum absolute atomic E-state index is 3.70. The molecule has 2 aliphatic heterocycles. The van der Waals surface area contributed by atoms with E-state index < -0.39 is 0 Å². The van der Waals surface area contributed by atoms with Gasteiger partial charge in [0.1, 0.15) is 0 Å². The van der Waals surface area contributed by atoms with Gasteiger partial charge in [-0.3, -0.25) is 0 Å². The summed E-state index contributed by atoms with van der Waals surface area (Å²) in [6.07, 6.45) is 2.78. The van der Waals surface area contributed by atoms with Gasteiger partial charge >= 0.3 is 0 Å².